The molecular formula is C24H26N2O4S. The molecule has 1 aromatic heterocycles. The molecule has 1 aliphatic heterocycles. The van der Waals surface area contributed by atoms with Gasteiger partial charge >= 0.3 is 0 Å². The number of hydrogen-bond acceptors (Lipinski definition) is 6. The van der Waals surface area contributed by atoms with E-state index in [1.54, 1.807) is 32.7 Å². The van der Waals surface area contributed by atoms with Gasteiger partial charge in [0.05, 0.1) is 39.6 Å². The molecule has 31 heavy (non-hydrogen) atoms. The van der Waals surface area contributed by atoms with Crippen molar-refractivity contribution < 1.29 is 19.0 Å². The molecule has 0 spiro atoms. The summed E-state index contributed by atoms with van der Waals surface area (Å²) < 4.78 is 16.4. The molecule has 0 saturated carbocycles. The number of para-hydroxylation sites is 2. The molecule has 6 nitrogen and oxygen atoms in total. The molecule has 0 bridgehead atoms. The number of rotatable bonds is 7. The van der Waals surface area contributed by atoms with Crippen molar-refractivity contribution in [1.82, 2.24) is 4.90 Å². The Morgan fingerprint density at radius 2 is 1.77 bits per heavy atom. The molecule has 7 heteroatoms. The number of anilines is 1. The lowest BCUT2D eigenvalue weighted by atomic mass is 9.91. The summed E-state index contributed by atoms with van der Waals surface area (Å²) in [4.78, 5) is 16.4. The maximum Gasteiger partial charge on any atom is 0.238 e. The van der Waals surface area contributed by atoms with E-state index in [-0.39, 0.29) is 18.5 Å². The summed E-state index contributed by atoms with van der Waals surface area (Å²) >= 11 is 1.69. The number of carbonyl (C=O) groups is 1. The number of methoxy groups -OCH3 is 3. The van der Waals surface area contributed by atoms with E-state index in [0.29, 0.717) is 17.2 Å². The third-order valence-corrected chi connectivity index (χ3v) is 6.44. The first-order valence-corrected chi connectivity index (χ1v) is 11.0. The monoisotopic (exact) mass is 438 g/mol. The molecule has 0 unspecified atom stereocenters. The smallest absolute Gasteiger partial charge is 0.238 e. The van der Waals surface area contributed by atoms with E-state index in [1.807, 2.05) is 36.4 Å². The number of hydrogen-bond donors (Lipinski definition) is 1. The van der Waals surface area contributed by atoms with Gasteiger partial charge in [-0.15, -0.1) is 11.3 Å². The number of benzene rings is 2. The van der Waals surface area contributed by atoms with Crippen molar-refractivity contribution in [3.05, 3.63) is 69.9 Å². The number of fused-ring (bicyclic) bond motifs is 1. The van der Waals surface area contributed by atoms with Crippen LogP contribution in [0.4, 0.5) is 5.69 Å². The fraction of sp³-hybridized carbons (Fsp3) is 0.292. The summed E-state index contributed by atoms with van der Waals surface area (Å²) in [5.41, 5.74) is 3.04. The minimum absolute atomic E-state index is 0.0213. The van der Waals surface area contributed by atoms with Crippen LogP contribution >= 0.6 is 11.3 Å². The van der Waals surface area contributed by atoms with Crippen LogP contribution in [-0.4, -0.2) is 45.2 Å². The second-order valence-corrected chi connectivity index (χ2v) is 8.27. The highest BCUT2D eigenvalue weighted by Crippen LogP contribution is 2.42. The molecule has 2 heterocycles. The summed E-state index contributed by atoms with van der Waals surface area (Å²) in [6.07, 6.45) is 0.833. The lowest BCUT2D eigenvalue weighted by molar-refractivity contribution is -0.117. The molecule has 2 aromatic carbocycles. The van der Waals surface area contributed by atoms with E-state index in [2.05, 4.69) is 27.7 Å². The van der Waals surface area contributed by atoms with Gasteiger partial charge in [-0.25, -0.2) is 0 Å². The number of nitrogens with one attached hydrogen (secondary N) is 1. The first kappa shape index (κ1) is 21.2. The first-order valence-electron chi connectivity index (χ1n) is 10.1. The molecule has 1 amide bonds. The van der Waals surface area contributed by atoms with Crippen LogP contribution in [0.3, 0.4) is 0 Å². The quantitative estimate of drug-likeness (QED) is 0.594. The zero-order valence-corrected chi connectivity index (χ0v) is 18.7. The van der Waals surface area contributed by atoms with Crippen LogP contribution in [-0.2, 0) is 11.2 Å². The van der Waals surface area contributed by atoms with Crippen LogP contribution in [0.25, 0.3) is 0 Å². The molecule has 162 valence electrons. The van der Waals surface area contributed by atoms with Gasteiger partial charge in [-0.05, 0) is 53.3 Å². The van der Waals surface area contributed by atoms with Crippen molar-refractivity contribution in [2.45, 2.75) is 12.5 Å². The fourth-order valence-electron chi connectivity index (χ4n) is 4.07. The maximum absolute atomic E-state index is 12.9. The standard InChI is InChI=1S/C24H26N2O4S/c1-28-19-8-5-4-7-18(19)25-23(27)15-26-11-10-16-13-20(29-2)21(30-3)14-17(16)24(26)22-9-6-12-31-22/h4-9,12-14,24H,10-11,15H2,1-3H3,(H,25,27)/t24-/m1/s1. The van der Waals surface area contributed by atoms with E-state index in [0.717, 1.165) is 24.3 Å². The van der Waals surface area contributed by atoms with Gasteiger partial charge in [-0.2, -0.15) is 0 Å². The van der Waals surface area contributed by atoms with Crippen molar-refractivity contribution in [3.63, 3.8) is 0 Å². The van der Waals surface area contributed by atoms with Crippen molar-refractivity contribution in [2.75, 3.05) is 39.7 Å². The van der Waals surface area contributed by atoms with E-state index >= 15 is 0 Å². The molecule has 0 radical (unpaired) electrons. The molecular weight excluding hydrogens is 412 g/mol. The predicted molar refractivity (Wildman–Crippen MR) is 123 cm³/mol. The Labute approximate surface area is 186 Å². The third kappa shape index (κ3) is 4.38. The van der Waals surface area contributed by atoms with Crippen LogP contribution in [0.2, 0.25) is 0 Å². The average Bonchev–Trinajstić information content (AvgIpc) is 3.32. The van der Waals surface area contributed by atoms with Crippen molar-refractivity contribution in [3.8, 4) is 17.2 Å². The molecule has 3 aromatic rings. The summed E-state index contributed by atoms with van der Waals surface area (Å²) in [6, 6.07) is 15.7. The largest absolute Gasteiger partial charge is 0.495 e. The Balaban J connectivity index is 1.63. The van der Waals surface area contributed by atoms with Gasteiger partial charge in [-0.1, -0.05) is 18.2 Å². The molecule has 1 atom stereocenters. The minimum atomic E-state index is -0.0741. The second kappa shape index (κ2) is 9.41. The Kier molecular flexibility index (Phi) is 6.44. The summed E-state index contributed by atoms with van der Waals surface area (Å²) in [7, 11) is 4.89. The molecule has 0 fully saturated rings. The number of nitrogens with zero attached hydrogens (tertiary/aromatic N) is 1. The zero-order chi connectivity index (χ0) is 21.8. The SMILES string of the molecule is COc1ccccc1NC(=O)CN1CCc2cc(OC)c(OC)cc2[C@@H]1c1cccs1. The Bertz CT molecular complexity index is 1050. The van der Waals surface area contributed by atoms with Gasteiger partial charge < -0.3 is 19.5 Å². The van der Waals surface area contributed by atoms with E-state index in [4.69, 9.17) is 14.2 Å². The van der Waals surface area contributed by atoms with Gasteiger partial charge in [0.15, 0.2) is 11.5 Å². The summed E-state index contributed by atoms with van der Waals surface area (Å²) in [5, 5.41) is 5.06. The fourth-order valence-corrected chi connectivity index (χ4v) is 4.95. The van der Waals surface area contributed by atoms with Crippen molar-refractivity contribution in [2.24, 2.45) is 0 Å². The Morgan fingerprint density at radius 3 is 2.48 bits per heavy atom. The van der Waals surface area contributed by atoms with Crippen molar-refractivity contribution >= 4 is 22.9 Å². The normalized spacial score (nSPS) is 15.8. The highest BCUT2D eigenvalue weighted by atomic mass is 32.1. The topological polar surface area (TPSA) is 60.0 Å². The van der Waals surface area contributed by atoms with Gasteiger partial charge in [0.2, 0.25) is 5.91 Å². The van der Waals surface area contributed by atoms with Gasteiger partial charge in [-0.3, -0.25) is 9.69 Å². The molecule has 4 rings (SSSR count). The number of thiophene rings is 1. The molecule has 0 saturated heterocycles. The number of ether oxygens (including phenoxy) is 3. The van der Waals surface area contributed by atoms with Crippen LogP contribution in [0, 0.1) is 0 Å². The van der Waals surface area contributed by atoms with Gasteiger partial charge in [0, 0.05) is 11.4 Å². The van der Waals surface area contributed by atoms with Crippen LogP contribution in [0.15, 0.2) is 53.9 Å². The highest BCUT2D eigenvalue weighted by Gasteiger charge is 2.32. The van der Waals surface area contributed by atoms with Gasteiger partial charge in [0.1, 0.15) is 5.75 Å². The first-order chi connectivity index (χ1) is 15.1. The van der Waals surface area contributed by atoms with Crippen LogP contribution in [0.5, 0.6) is 17.2 Å². The third-order valence-electron chi connectivity index (χ3n) is 5.51. The van der Waals surface area contributed by atoms with Crippen LogP contribution in [0.1, 0.15) is 22.0 Å². The van der Waals surface area contributed by atoms with E-state index < -0.39 is 0 Å². The summed E-state index contributed by atoms with van der Waals surface area (Å²) in [5.74, 6) is 2.00. The molecule has 0 aliphatic carbocycles. The van der Waals surface area contributed by atoms with E-state index in [1.165, 1.54) is 10.4 Å². The van der Waals surface area contributed by atoms with E-state index in [9.17, 15) is 4.79 Å². The lowest BCUT2D eigenvalue weighted by Gasteiger charge is -2.37. The molecule has 1 aliphatic rings. The lowest BCUT2D eigenvalue weighted by Crippen LogP contribution is -2.41. The maximum atomic E-state index is 12.9. The Hall–Kier alpha value is -3.03. The minimum Gasteiger partial charge on any atom is -0.495 e. The van der Waals surface area contributed by atoms with Crippen molar-refractivity contribution in [1.29, 1.82) is 0 Å². The summed E-state index contributed by atoms with van der Waals surface area (Å²) in [6.45, 7) is 1.04. The zero-order valence-electron chi connectivity index (χ0n) is 17.9. The molecule has 1 N–H and O–H groups in total. The van der Waals surface area contributed by atoms with Gasteiger partial charge in [0.25, 0.3) is 0 Å². The average molecular weight is 439 g/mol. The second-order valence-electron chi connectivity index (χ2n) is 7.29. The highest BCUT2D eigenvalue weighted by molar-refractivity contribution is 7.10. The van der Waals surface area contributed by atoms with Crippen LogP contribution < -0.4 is 19.5 Å². The Morgan fingerprint density at radius 1 is 1.03 bits per heavy atom. The number of carbonyl (C=O) groups excluding carboxylic acids is 1. The number of amides is 1. The predicted octanol–water partition coefficient (Wildman–Crippen LogP) is 4.36.